The first-order valence-electron chi connectivity index (χ1n) is 5.90. The highest BCUT2D eigenvalue weighted by atomic mass is 79.9. The van der Waals surface area contributed by atoms with Gasteiger partial charge in [-0.3, -0.25) is 9.59 Å². The molecular formula is C13H15BrN2O2. The second-order valence-corrected chi connectivity index (χ2v) is 5.37. The van der Waals surface area contributed by atoms with Crippen LogP contribution in [-0.2, 0) is 11.8 Å². The van der Waals surface area contributed by atoms with Gasteiger partial charge in [0.05, 0.1) is 0 Å². The molecule has 1 amide bonds. The normalized spacial score (nSPS) is 18.7. The second-order valence-electron chi connectivity index (χ2n) is 4.46. The maximum atomic E-state index is 12.0. The van der Waals surface area contributed by atoms with Gasteiger partial charge in [0.15, 0.2) is 0 Å². The van der Waals surface area contributed by atoms with Crippen molar-refractivity contribution >= 4 is 27.5 Å². The van der Waals surface area contributed by atoms with Crippen LogP contribution in [-0.4, -0.2) is 10.5 Å². The van der Waals surface area contributed by atoms with Crippen LogP contribution in [0.25, 0.3) is 0 Å². The van der Waals surface area contributed by atoms with Gasteiger partial charge < -0.3 is 9.88 Å². The number of hydrogen-bond donors (Lipinski definition) is 1. The zero-order chi connectivity index (χ0) is 13.1. The summed E-state index contributed by atoms with van der Waals surface area (Å²) in [6.07, 6.45) is 8.29. The van der Waals surface area contributed by atoms with Gasteiger partial charge in [-0.15, -0.1) is 0 Å². The van der Waals surface area contributed by atoms with E-state index in [0.717, 1.165) is 23.7 Å². The molecule has 0 bridgehead atoms. The largest absolute Gasteiger partial charge is 0.321 e. The van der Waals surface area contributed by atoms with E-state index in [4.69, 9.17) is 0 Å². The molecule has 0 spiro atoms. The molecule has 0 fully saturated rings. The van der Waals surface area contributed by atoms with E-state index in [1.54, 1.807) is 19.3 Å². The summed E-state index contributed by atoms with van der Waals surface area (Å²) in [6, 6.07) is 1.64. The van der Waals surface area contributed by atoms with Crippen LogP contribution >= 0.6 is 15.9 Å². The van der Waals surface area contributed by atoms with Gasteiger partial charge in [0.25, 0.3) is 5.56 Å². The number of anilines is 1. The lowest BCUT2D eigenvalue weighted by Gasteiger charge is -2.17. The van der Waals surface area contributed by atoms with Gasteiger partial charge in [0, 0.05) is 23.6 Å². The maximum Gasteiger partial charge on any atom is 0.274 e. The van der Waals surface area contributed by atoms with Gasteiger partial charge in [-0.05, 0) is 41.3 Å². The van der Waals surface area contributed by atoms with Crippen molar-refractivity contribution in [3.05, 3.63) is 39.2 Å². The first kappa shape index (κ1) is 13.1. The molecule has 0 unspecified atom stereocenters. The SMILES string of the molecule is Cn1cc(Br)cc(NC(=O)[C@H]2CC=CCC2)c1=O. The van der Waals surface area contributed by atoms with Crippen molar-refractivity contribution in [1.29, 1.82) is 0 Å². The van der Waals surface area contributed by atoms with Gasteiger partial charge in [0.2, 0.25) is 5.91 Å². The summed E-state index contributed by atoms with van der Waals surface area (Å²) in [5.41, 5.74) is 0.129. The molecule has 1 aromatic rings. The third kappa shape index (κ3) is 2.90. The summed E-state index contributed by atoms with van der Waals surface area (Å²) in [4.78, 5) is 23.9. The zero-order valence-electron chi connectivity index (χ0n) is 10.1. The van der Waals surface area contributed by atoms with Crippen molar-refractivity contribution in [1.82, 2.24) is 4.57 Å². The maximum absolute atomic E-state index is 12.0. The monoisotopic (exact) mass is 310 g/mol. The average molecular weight is 311 g/mol. The molecule has 0 radical (unpaired) electrons. The van der Waals surface area contributed by atoms with Crippen LogP contribution in [0.4, 0.5) is 5.69 Å². The summed E-state index contributed by atoms with van der Waals surface area (Å²) in [5.74, 6) is -0.103. The highest BCUT2D eigenvalue weighted by molar-refractivity contribution is 9.10. The lowest BCUT2D eigenvalue weighted by Crippen LogP contribution is -2.28. The number of hydrogen-bond acceptors (Lipinski definition) is 2. The van der Waals surface area contributed by atoms with Crippen molar-refractivity contribution in [2.75, 3.05) is 5.32 Å². The molecule has 0 saturated carbocycles. The summed E-state index contributed by atoms with van der Waals surface area (Å²) in [7, 11) is 1.66. The van der Waals surface area contributed by atoms with E-state index in [1.807, 2.05) is 6.08 Å². The molecule has 4 nitrogen and oxygen atoms in total. The minimum Gasteiger partial charge on any atom is -0.321 e. The van der Waals surface area contributed by atoms with Gasteiger partial charge in [0.1, 0.15) is 5.69 Å². The van der Waals surface area contributed by atoms with Crippen LogP contribution in [0.15, 0.2) is 33.7 Å². The molecule has 1 aromatic heterocycles. The van der Waals surface area contributed by atoms with Gasteiger partial charge in [-0.25, -0.2) is 0 Å². The van der Waals surface area contributed by atoms with Crippen molar-refractivity contribution in [2.45, 2.75) is 19.3 Å². The Kier molecular flexibility index (Phi) is 4.01. The molecule has 1 atom stereocenters. The molecule has 2 rings (SSSR count). The van der Waals surface area contributed by atoms with Crippen LogP contribution < -0.4 is 10.9 Å². The highest BCUT2D eigenvalue weighted by Crippen LogP contribution is 2.20. The molecule has 1 aliphatic rings. The Balaban J connectivity index is 2.16. The smallest absolute Gasteiger partial charge is 0.274 e. The number of allylic oxidation sites excluding steroid dienone is 2. The van der Waals surface area contributed by atoms with Crippen LogP contribution in [0.2, 0.25) is 0 Å². The Morgan fingerprint density at radius 1 is 1.50 bits per heavy atom. The van der Waals surface area contributed by atoms with Gasteiger partial charge in [-0.1, -0.05) is 12.2 Å². The summed E-state index contributed by atoms with van der Waals surface area (Å²) in [6.45, 7) is 0. The minimum absolute atomic E-state index is 0.0290. The lowest BCUT2D eigenvalue weighted by atomic mass is 9.93. The van der Waals surface area contributed by atoms with Crippen LogP contribution in [0, 0.1) is 5.92 Å². The van der Waals surface area contributed by atoms with Crippen LogP contribution in [0.1, 0.15) is 19.3 Å². The van der Waals surface area contributed by atoms with Crippen molar-refractivity contribution in [3.8, 4) is 0 Å². The quantitative estimate of drug-likeness (QED) is 0.853. The van der Waals surface area contributed by atoms with Gasteiger partial charge in [-0.2, -0.15) is 0 Å². The number of nitrogens with zero attached hydrogens (tertiary/aromatic N) is 1. The number of rotatable bonds is 2. The lowest BCUT2D eigenvalue weighted by molar-refractivity contribution is -0.120. The molecule has 5 heteroatoms. The number of carbonyl (C=O) groups is 1. The molecule has 0 saturated heterocycles. The van der Waals surface area contributed by atoms with Crippen LogP contribution in [0.5, 0.6) is 0 Å². The number of carbonyl (C=O) groups excluding carboxylic acids is 1. The zero-order valence-corrected chi connectivity index (χ0v) is 11.7. The highest BCUT2D eigenvalue weighted by Gasteiger charge is 2.19. The molecule has 1 N–H and O–H groups in total. The molecule has 96 valence electrons. The van der Waals surface area contributed by atoms with E-state index in [2.05, 4.69) is 27.3 Å². The fourth-order valence-electron chi connectivity index (χ4n) is 2.03. The Morgan fingerprint density at radius 3 is 2.94 bits per heavy atom. The number of aryl methyl sites for hydroxylation is 1. The predicted octanol–water partition coefficient (Wildman–Crippen LogP) is 2.44. The van der Waals surface area contributed by atoms with Crippen LogP contribution in [0.3, 0.4) is 0 Å². The fraction of sp³-hybridized carbons (Fsp3) is 0.385. The summed E-state index contributed by atoms with van der Waals surface area (Å²) in [5, 5.41) is 2.73. The Bertz CT molecular complexity index is 548. The van der Waals surface area contributed by atoms with E-state index in [0.29, 0.717) is 5.69 Å². The average Bonchev–Trinajstić information content (AvgIpc) is 2.36. The predicted molar refractivity (Wildman–Crippen MR) is 74.5 cm³/mol. The number of aromatic nitrogens is 1. The Hall–Kier alpha value is -1.36. The molecule has 1 heterocycles. The number of halogens is 1. The molecular weight excluding hydrogens is 296 g/mol. The van der Waals surface area contributed by atoms with Crippen molar-refractivity contribution in [2.24, 2.45) is 13.0 Å². The second kappa shape index (κ2) is 5.52. The molecule has 1 aliphatic carbocycles. The van der Waals surface area contributed by atoms with E-state index >= 15 is 0 Å². The van der Waals surface area contributed by atoms with E-state index in [1.165, 1.54) is 4.57 Å². The Morgan fingerprint density at radius 2 is 2.28 bits per heavy atom. The number of amides is 1. The fourth-order valence-corrected chi connectivity index (χ4v) is 2.56. The van der Waals surface area contributed by atoms with Crippen molar-refractivity contribution in [3.63, 3.8) is 0 Å². The first-order chi connectivity index (χ1) is 8.58. The first-order valence-corrected chi connectivity index (χ1v) is 6.69. The summed E-state index contributed by atoms with van der Waals surface area (Å²) >= 11 is 3.31. The Labute approximate surface area is 114 Å². The molecule has 18 heavy (non-hydrogen) atoms. The topological polar surface area (TPSA) is 51.1 Å². The third-order valence-corrected chi connectivity index (χ3v) is 3.48. The third-order valence-electron chi connectivity index (χ3n) is 3.05. The van der Waals surface area contributed by atoms with E-state index in [9.17, 15) is 9.59 Å². The minimum atomic E-state index is -0.196. The van der Waals surface area contributed by atoms with Gasteiger partial charge >= 0.3 is 0 Å². The number of pyridine rings is 1. The van der Waals surface area contributed by atoms with E-state index < -0.39 is 0 Å². The molecule has 0 aromatic carbocycles. The molecule has 0 aliphatic heterocycles. The summed E-state index contributed by atoms with van der Waals surface area (Å²) < 4.78 is 2.21. The standard InChI is InChI=1S/C13H15BrN2O2/c1-16-8-10(14)7-11(13(16)18)15-12(17)9-5-3-2-4-6-9/h2-3,7-9H,4-6H2,1H3,(H,15,17)/t9-/m0/s1. The van der Waals surface area contributed by atoms with E-state index in [-0.39, 0.29) is 17.4 Å². The van der Waals surface area contributed by atoms with Crippen molar-refractivity contribution < 1.29 is 4.79 Å². The number of nitrogens with one attached hydrogen (secondary N) is 1.